The van der Waals surface area contributed by atoms with Gasteiger partial charge in [0.2, 0.25) is 0 Å². The zero-order chi connectivity index (χ0) is 19.8. The first-order valence-electron chi connectivity index (χ1n) is 9.26. The molecule has 1 fully saturated rings. The maximum absolute atomic E-state index is 12.1. The Bertz CT molecular complexity index is 946. The number of benzene rings is 1. The molecule has 1 aromatic heterocycles. The van der Waals surface area contributed by atoms with Gasteiger partial charge < -0.3 is 24.6 Å². The molecule has 1 saturated heterocycles. The first kappa shape index (κ1) is 18.4. The topological polar surface area (TPSA) is 112 Å². The van der Waals surface area contributed by atoms with E-state index in [0.717, 1.165) is 37.3 Å². The van der Waals surface area contributed by atoms with Crippen LogP contribution in [0.25, 0.3) is 0 Å². The van der Waals surface area contributed by atoms with Crippen LogP contribution in [0.4, 0.5) is 0 Å². The highest BCUT2D eigenvalue weighted by atomic mass is 16.5. The Kier molecular flexibility index (Phi) is 4.72. The van der Waals surface area contributed by atoms with Crippen LogP contribution in [0.15, 0.2) is 35.1 Å². The highest BCUT2D eigenvalue weighted by Crippen LogP contribution is 2.36. The summed E-state index contributed by atoms with van der Waals surface area (Å²) in [4.78, 5) is 26.4. The fourth-order valence-electron chi connectivity index (χ4n) is 4.25. The van der Waals surface area contributed by atoms with E-state index in [-0.39, 0.29) is 17.7 Å². The molecule has 3 N–H and O–H groups in total. The predicted molar refractivity (Wildman–Crippen MR) is 99.7 cm³/mol. The van der Waals surface area contributed by atoms with Crippen molar-refractivity contribution in [2.24, 2.45) is 5.92 Å². The fraction of sp³-hybridized carbons (Fsp3) is 0.400. The number of phenolic OH excluding ortho intramolecular Hbond substituents is 3. The van der Waals surface area contributed by atoms with Gasteiger partial charge in [-0.25, -0.2) is 4.79 Å². The Morgan fingerprint density at radius 3 is 2.61 bits per heavy atom. The summed E-state index contributed by atoms with van der Waals surface area (Å²) >= 11 is 0. The second-order valence-corrected chi connectivity index (χ2v) is 7.46. The van der Waals surface area contributed by atoms with Crippen molar-refractivity contribution in [2.75, 3.05) is 26.2 Å². The van der Waals surface area contributed by atoms with Crippen molar-refractivity contribution in [3.63, 3.8) is 0 Å². The molecule has 28 heavy (non-hydrogen) atoms. The largest absolute Gasteiger partial charge is 0.504 e. The lowest BCUT2D eigenvalue weighted by Gasteiger charge is -2.42. The standard InChI is InChI=1S/C20H22N2O6/c23-16-7-13(8-17(24)19(16)26)20(27)28-5-4-21-9-12-6-14(11-21)15-2-1-3-18(25)22(15)10-12/h1-3,7-8,12,14,23-24,26H,4-6,9-11H2. The van der Waals surface area contributed by atoms with Gasteiger partial charge in [-0.05, 0) is 30.5 Å². The number of ether oxygens (including phenoxy) is 1. The van der Waals surface area contributed by atoms with Crippen LogP contribution in [0.3, 0.4) is 0 Å². The van der Waals surface area contributed by atoms with Gasteiger partial charge in [0.15, 0.2) is 17.2 Å². The molecule has 0 aliphatic carbocycles. The summed E-state index contributed by atoms with van der Waals surface area (Å²) in [6.45, 7) is 3.09. The number of aromatic nitrogens is 1. The van der Waals surface area contributed by atoms with Gasteiger partial charge in [0.25, 0.3) is 5.56 Å². The second-order valence-electron chi connectivity index (χ2n) is 7.46. The van der Waals surface area contributed by atoms with Gasteiger partial charge >= 0.3 is 5.97 Å². The number of rotatable bonds is 4. The number of carbonyl (C=O) groups excluding carboxylic acids is 1. The molecular formula is C20H22N2O6. The number of hydrogen-bond donors (Lipinski definition) is 3. The number of fused-ring (bicyclic) bond motifs is 4. The number of nitrogens with zero attached hydrogens (tertiary/aromatic N) is 2. The zero-order valence-electron chi connectivity index (χ0n) is 15.2. The number of piperidine rings is 1. The number of hydrogen-bond acceptors (Lipinski definition) is 7. The van der Waals surface area contributed by atoms with Crippen LogP contribution in [0.1, 0.15) is 28.4 Å². The molecule has 2 atom stereocenters. The van der Waals surface area contributed by atoms with Crippen molar-refractivity contribution < 1.29 is 24.9 Å². The van der Waals surface area contributed by atoms with E-state index in [1.165, 1.54) is 0 Å². The van der Waals surface area contributed by atoms with Crippen molar-refractivity contribution in [1.82, 2.24) is 9.47 Å². The number of phenols is 3. The number of esters is 1. The van der Waals surface area contributed by atoms with Gasteiger partial charge in [-0.2, -0.15) is 0 Å². The molecule has 2 aliphatic rings. The summed E-state index contributed by atoms with van der Waals surface area (Å²) in [6, 6.07) is 7.52. The van der Waals surface area contributed by atoms with Crippen molar-refractivity contribution in [3.8, 4) is 17.2 Å². The van der Waals surface area contributed by atoms with Gasteiger partial charge in [-0.3, -0.25) is 9.69 Å². The van der Waals surface area contributed by atoms with Crippen LogP contribution in [0.2, 0.25) is 0 Å². The molecule has 2 bridgehead atoms. The van der Waals surface area contributed by atoms with Crippen LogP contribution < -0.4 is 5.56 Å². The lowest BCUT2D eigenvalue weighted by atomic mass is 9.83. The summed E-state index contributed by atoms with van der Waals surface area (Å²) in [5, 5.41) is 28.3. The van der Waals surface area contributed by atoms with E-state index < -0.39 is 23.2 Å². The van der Waals surface area contributed by atoms with E-state index in [9.17, 15) is 24.9 Å². The average molecular weight is 386 g/mol. The molecule has 0 amide bonds. The van der Waals surface area contributed by atoms with E-state index in [4.69, 9.17) is 4.74 Å². The molecule has 8 nitrogen and oxygen atoms in total. The van der Waals surface area contributed by atoms with E-state index in [0.29, 0.717) is 24.9 Å². The molecule has 4 rings (SSSR count). The Morgan fingerprint density at radius 1 is 1.11 bits per heavy atom. The molecule has 2 aliphatic heterocycles. The molecular weight excluding hydrogens is 364 g/mol. The summed E-state index contributed by atoms with van der Waals surface area (Å²) in [6.07, 6.45) is 1.06. The van der Waals surface area contributed by atoms with E-state index >= 15 is 0 Å². The SMILES string of the molecule is O=C(OCCN1CC2CC(C1)c1cccc(=O)n1C2)c1cc(O)c(O)c(O)c1. The predicted octanol–water partition coefficient (Wildman–Crippen LogP) is 1.24. The molecule has 2 aromatic rings. The third kappa shape index (κ3) is 3.43. The number of carbonyl (C=O) groups is 1. The third-order valence-electron chi connectivity index (χ3n) is 5.50. The molecule has 0 spiro atoms. The van der Waals surface area contributed by atoms with Crippen LogP contribution in [-0.4, -0.2) is 57.0 Å². The van der Waals surface area contributed by atoms with E-state index in [2.05, 4.69) is 4.90 Å². The Balaban J connectivity index is 1.35. The Morgan fingerprint density at radius 2 is 1.86 bits per heavy atom. The van der Waals surface area contributed by atoms with Gasteiger partial charge in [-0.15, -0.1) is 0 Å². The van der Waals surface area contributed by atoms with Crippen LogP contribution in [0, 0.1) is 5.92 Å². The zero-order valence-corrected chi connectivity index (χ0v) is 15.2. The molecule has 3 heterocycles. The fourth-order valence-corrected chi connectivity index (χ4v) is 4.25. The maximum Gasteiger partial charge on any atom is 0.338 e. The summed E-state index contributed by atoms with van der Waals surface area (Å²) in [5.74, 6) is -1.82. The highest BCUT2D eigenvalue weighted by molar-refractivity contribution is 5.91. The molecule has 148 valence electrons. The lowest BCUT2D eigenvalue weighted by Crippen LogP contribution is -2.47. The quantitative estimate of drug-likeness (QED) is 0.535. The second kappa shape index (κ2) is 7.20. The molecule has 1 aromatic carbocycles. The summed E-state index contributed by atoms with van der Waals surface area (Å²) < 4.78 is 7.13. The van der Waals surface area contributed by atoms with Gasteiger partial charge in [0, 0.05) is 43.9 Å². The van der Waals surface area contributed by atoms with Crippen LogP contribution in [0.5, 0.6) is 17.2 Å². The Labute approximate surface area is 161 Å². The van der Waals surface area contributed by atoms with Crippen LogP contribution >= 0.6 is 0 Å². The highest BCUT2D eigenvalue weighted by Gasteiger charge is 2.34. The smallest absolute Gasteiger partial charge is 0.338 e. The van der Waals surface area contributed by atoms with Crippen molar-refractivity contribution in [2.45, 2.75) is 18.9 Å². The van der Waals surface area contributed by atoms with Crippen molar-refractivity contribution in [3.05, 3.63) is 51.9 Å². The monoisotopic (exact) mass is 386 g/mol. The lowest BCUT2D eigenvalue weighted by molar-refractivity contribution is 0.0402. The van der Waals surface area contributed by atoms with Crippen molar-refractivity contribution in [1.29, 1.82) is 0 Å². The Hall–Kier alpha value is -3.00. The minimum atomic E-state index is -0.681. The van der Waals surface area contributed by atoms with Crippen LogP contribution in [-0.2, 0) is 11.3 Å². The first-order valence-corrected chi connectivity index (χ1v) is 9.26. The van der Waals surface area contributed by atoms with E-state index in [1.807, 2.05) is 10.6 Å². The van der Waals surface area contributed by atoms with Gasteiger partial charge in [-0.1, -0.05) is 6.07 Å². The average Bonchev–Trinajstić information content (AvgIpc) is 2.66. The summed E-state index contributed by atoms with van der Waals surface area (Å²) in [7, 11) is 0. The van der Waals surface area contributed by atoms with Gasteiger partial charge in [0.1, 0.15) is 6.61 Å². The molecule has 8 heteroatoms. The first-order chi connectivity index (χ1) is 13.4. The minimum Gasteiger partial charge on any atom is -0.504 e. The number of pyridine rings is 1. The molecule has 2 unspecified atom stereocenters. The van der Waals surface area contributed by atoms with E-state index in [1.54, 1.807) is 12.1 Å². The normalized spacial score (nSPS) is 21.1. The molecule has 0 radical (unpaired) electrons. The molecule has 0 saturated carbocycles. The minimum absolute atomic E-state index is 0.0309. The summed E-state index contributed by atoms with van der Waals surface area (Å²) in [5.41, 5.74) is 1.09. The third-order valence-corrected chi connectivity index (χ3v) is 5.50. The van der Waals surface area contributed by atoms with Crippen molar-refractivity contribution >= 4 is 5.97 Å². The van der Waals surface area contributed by atoms with Gasteiger partial charge in [0.05, 0.1) is 5.56 Å². The maximum atomic E-state index is 12.1. The number of likely N-dealkylation sites (tertiary alicyclic amines) is 1. The number of aromatic hydroxyl groups is 3.